The Hall–Kier alpha value is -2.36. The number of aryl methyl sites for hydroxylation is 1. The van der Waals surface area contributed by atoms with Gasteiger partial charge >= 0.3 is 0 Å². The summed E-state index contributed by atoms with van der Waals surface area (Å²) < 4.78 is 0. The highest BCUT2D eigenvalue weighted by Gasteiger charge is 2.22. The van der Waals surface area contributed by atoms with E-state index in [1.165, 1.54) is 5.56 Å². The lowest BCUT2D eigenvalue weighted by atomic mass is 10.1. The molecule has 1 aliphatic heterocycles. The molecule has 2 heterocycles. The summed E-state index contributed by atoms with van der Waals surface area (Å²) in [5.41, 5.74) is 8.93. The van der Waals surface area contributed by atoms with Crippen molar-refractivity contribution >= 4 is 17.3 Å². The Bertz CT molecular complexity index is 639. The second kappa shape index (κ2) is 5.33. The minimum absolute atomic E-state index is 0.0772. The first-order valence-electron chi connectivity index (χ1n) is 6.87. The van der Waals surface area contributed by atoms with Gasteiger partial charge in [0, 0.05) is 24.1 Å². The van der Waals surface area contributed by atoms with Crippen LogP contribution in [-0.4, -0.2) is 17.4 Å². The maximum absolute atomic E-state index is 12.7. The molecule has 20 heavy (non-hydrogen) atoms. The first-order valence-corrected chi connectivity index (χ1v) is 6.87. The molecule has 0 radical (unpaired) electrons. The Morgan fingerprint density at radius 3 is 2.90 bits per heavy atom. The number of nitrogen functional groups attached to an aromatic ring is 1. The van der Waals surface area contributed by atoms with Crippen molar-refractivity contribution in [3.63, 3.8) is 0 Å². The van der Waals surface area contributed by atoms with E-state index in [1.54, 1.807) is 18.3 Å². The highest BCUT2D eigenvalue weighted by atomic mass is 16.2. The molecule has 0 aliphatic carbocycles. The van der Waals surface area contributed by atoms with Gasteiger partial charge in [0.25, 0.3) is 5.91 Å². The van der Waals surface area contributed by atoms with Gasteiger partial charge in [0.2, 0.25) is 0 Å². The molecule has 0 spiro atoms. The normalized spacial score (nSPS) is 14.5. The molecule has 1 aromatic heterocycles. The van der Waals surface area contributed by atoms with Gasteiger partial charge in [-0.2, -0.15) is 0 Å². The number of para-hydroxylation sites is 1. The molecule has 1 aliphatic rings. The lowest BCUT2D eigenvalue weighted by molar-refractivity contribution is 0.0982. The van der Waals surface area contributed by atoms with Crippen LogP contribution < -0.4 is 10.6 Å². The molecule has 102 valence electrons. The molecule has 1 amide bonds. The lowest BCUT2D eigenvalue weighted by Gasteiger charge is -2.22. The summed E-state index contributed by atoms with van der Waals surface area (Å²) in [4.78, 5) is 18.6. The Labute approximate surface area is 118 Å². The number of fused-ring (bicyclic) bond motifs is 1. The van der Waals surface area contributed by atoms with Crippen LogP contribution in [0.3, 0.4) is 0 Å². The summed E-state index contributed by atoms with van der Waals surface area (Å²) in [5.74, 6) is -0.0772. The van der Waals surface area contributed by atoms with E-state index in [9.17, 15) is 4.79 Å². The third-order valence-corrected chi connectivity index (χ3v) is 3.61. The lowest BCUT2D eigenvalue weighted by Crippen LogP contribution is -2.32. The molecule has 0 atom stereocenters. The molecule has 2 N–H and O–H groups in total. The number of benzene rings is 1. The predicted octanol–water partition coefficient (Wildman–Crippen LogP) is 2.65. The Balaban J connectivity index is 1.99. The summed E-state index contributed by atoms with van der Waals surface area (Å²) >= 11 is 0. The van der Waals surface area contributed by atoms with Crippen LogP contribution >= 0.6 is 0 Å². The van der Waals surface area contributed by atoms with Crippen molar-refractivity contribution in [3.05, 3.63) is 53.9 Å². The summed E-state index contributed by atoms with van der Waals surface area (Å²) in [6.45, 7) is 0.728. The van der Waals surface area contributed by atoms with Crippen molar-refractivity contribution in [1.29, 1.82) is 0 Å². The zero-order valence-electron chi connectivity index (χ0n) is 11.2. The Morgan fingerprint density at radius 1 is 1.20 bits per heavy atom. The van der Waals surface area contributed by atoms with E-state index in [2.05, 4.69) is 11.1 Å². The molecule has 2 aromatic rings. The van der Waals surface area contributed by atoms with E-state index >= 15 is 0 Å². The highest BCUT2D eigenvalue weighted by Crippen LogP contribution is 2.27. The van der Waals surface area contributed by atoms with Crippen molar-refractivity contribution in [2.24, 2.45) is 0 Å². The molecule has 0 bridgehead atoms. The molecule has 0 saturated heterocycles. The molecular formula is C16H17N3O. The number of anilines is 2. The first kappa shape index (κ1) is 12.7. The van der Waals surface area contributed by atoms with Crippen molar-refractivity contribution in [2.75, 3.05) is 17.2 Å². The summed E-state index contributed by atoms with van der Waals surface area (Å²) in [7, 11) is 0. The molecule has 0 saturated carbocycles. The smallest absolute Gasteiger partial charge is 0.276 e. The third kappa shape index (κ3) is 2.37. The van der Waals surface area contributed by atoms with Crippen molar-refractivity contribution < 1.29 is 4.79 Å². The van der Waals surface area contributed by atoms with E-state index in [0.717, 1.165) is 31.5 Å². The van der Waals surface area contributed by atoms with E-state index < -0.39 is 0 Å². The van der Waals surface area contributed by atoms with E-state index in [1.807, 2.05) is 23.1 Å². The minimum Gasteiger partial charge on any atom is -0.399 e. The second-order valence-electron chi connectivity index (χ2n) is 5.02. The molecule has 0 fully saturated rings. The van der Waals surface area contributed by atoms with Crippen LogP contribution in [0.15, 0.2) is 42.6 Å². The van der Waals surface area contributed by atoms with Gasteiger partial charge in [0.05, 0.1) is 0 Å². The van der Waals surface area contributed by atoms with E-state index in [-0.39, 0.29) is 5.91 Å². The number of amides is 1. The fourth-order valence-electron chi connectivity index (χ4n) is 2.60. The fourth-order valence-corrected chi connectivity index (χ4v) is 2.60. The van der Waals surface area contributed by atoms with Gasteiger partial charge in [-0.1, -0.05) is 18.2 Å². The summed E-state index contributed by atoms with van der Waals surface area (Å²) in [6.07, 6.45) is 4.70. The molecule has 1 aromatic carbocycles. The van der Waals surface area contributed by atoms with E-state index in [0.29, 0.717) is 11.4 Å². The van der Waals surface area contributed by atoms with Crippen LogP contribution in [-0.2, 0) is 6.42 Å². The fraction of sp³-hybridized carbons (Fsp3) is 0.250. The average Bonchev–Trinajstić information content (AvgIpc) is 2.69. The maximum atomic E-state index is 12.7. The van der Waals surface area contributed by atoms with E-state index in [4.69, 9.17) is 5.73 Å². The Morgan fingerprint density at radius 2 is 2.05 bits per heavy atom. The molecule has 4 nitrogen and oxygen atoms in total. The SMILES string of the molecule is Nc1ccnc(C(=O)N2CCCCc3ccccc32)c1. The largest absolute Gasteiger partial charge is 0.399 e. The van der Waals surface area contributed by atoms with Crippen molar-refractivity contribution in [3.8, 4) is 0 Å². The standard InChI is InChI=1S/C16H17N3O/c17-13-8-9-18-14(11-13)16(20)19-10-4-3-6-12-5-1-2-7-15(12)19/h1-2,5,7-9,11H,3-4,6,10H2,(H2,17,18). The van der Waals surface area contributed by atoms with Crippen LogP contribution in [0, 0.1) is 0 Å². The number of hydrogen-bond acceptors (Lipinski definition) is 3. The number of aromatic nitrogens is 1. The van der Waals surface area contributed by atoms with Crippen LogP contribution in [0.4, 0.5) is 11.4 Å². The van der Waals surface area contributed by atoms with Crippen LogP contribution in [0.1, 0.15) is 28.9 Å². The van der Waals surface area contributed by atoms with Crippen molar-refractivity contribution in [1.82, 2.24) is 4.98 Å². The second-order valence-corrected chi connectivity index (χ2v) is 5.02. The van der Waals surface area contributed by atoms with Gasteiger partial charge in [-0.15, -0.1) is 0 Å². The monoisotopic (exact) mass is 267 g/mol. The number of nitrogens with two attached hydrogens (primary N) is 1. The third-order valence-electron chi connectivity index (χ3n) is 3.61. The van der Waals surface area contributed by atoms with Gasteiger partial charge in [-0.3, -0.25) is 9.78 Å². The van der Waals surface area contributed by atoms with Gasteiger partial charge in [0.15, 0.2) is 0 Å². The highest BCUT2D eigenvalue weighted by molar-refractivity contribution is 6.05. The number of pyridine rings is 1. The maximum Gasteiger partial charge on any atom is 0.276 e. The zero-order chi connectivity index (χ0) is 13.9. The van der Waals surface area contributed by atoms with Gasteiger partial charge in [-0.05, 0) is 43.0 Å². The number of nitrogens with zero attached hydrogens (tertiary/aromatic N) is 2. The molecule has 0 unspecified atom stereocenters. The molecular weight excluding hydrogens is 250 g/mol. The Kier molecular flexibility index (Phi) is 3.37. The van der Waals surface area contributed by atoms with Gasteiger partial charge in [-0.25, -0.2) is 0 Å². The molecule has 3 rings (SSSR count). The number of rotatable bonds is 1. The van der Waals surface area contributed by atoms with Gasteiger partial charge < -0.3 is 10.6 Å². The zero-order valence-corrected chi connectivity index (χ0v) is 11.2. The predicted molar refractivity (Wildman–Crippen MR) is 79.7 cm³/mol. The average molecular weight is 267 g/mol. The first-order chi connectivity index (χ1) is 9.75. The minimum atomic E-state index is -0.0772. The number of carbonyl (C=O) groups excluding carboxylic acids is 1. The van der Waals surface area contributed by atoms with Gasteiger partial charge in [0.1, 0.15) is 5.69 Å². The van der Waals surface area contributed by atoms with Crippen LogP contribution in [0.25, 0.3) is 0 Å². The number of hydrogen-bond donors (Lipinski definition) is 1. The summed E-state index contributed by atoms with van der Waals surface area (Å²) in [6, 6.07) is 11.4. The van der Waals surface area contributed by atoms with Crippen LogP contribution in [0.5, 0.6) is 0 Å². The quantitative estimate of drug-likeness (QED) is 0.864. The topological polar surface area (TPSA) is 59.2 Å². The number of carbonyl (C=O) groups is 1. The summed E-state index contributed by atoms with van der Waals surface area (Å²) in [5, 5.41) is 0. The van der Waals surface area contributed by atoms with Crippen LogP contribution in [0.2, 0.25) is 0 Å². The van der Waals surface area contributed by atoms with Crippen molar-refractivity contribution in [2.45, 2.75) is 19.3 Å². The molecule has 4 heteroatoms.